The second-order valence-electron chi connectivity index (χ2n) is 2.49. The number of hydrogen-bond acceptors (Lipinski definition) is 3. The van der Waals surface area contributed by atoms with Gasteiger partial charge in [0.15, 0.2) is 0 Å². The van der Waals surface area contributed by atoms with Crippen LogP contribution in [0.2, 0.25) is 0 Å². The molecule has 0 aliphatic heterocycles. The van der Waals surface area contributed by atoms with E-state index in [0.29, 0.717) is 26.1 Å². The summed E-state index contributed by atoms with van der Waals surface area (Å²) >= 11 is 6.32. The highest BCUT2D eigenvalue weighted by Crippen LogP contribution is 2.04. The molecule has 76 valence electrons. The van der Waals surface area contributed by atoms with Crippen molar-refractivity contribution in [2.24, 2.45) is 0 Å². The zero-order chi connectivity index (χ0) is 10.1. The molecule has 3 nitrogen and oxygen atoms in total. The standard InChI is InChI=1S/C8H12Br2O3/c9-7(5-11)1-3-13-4-2-8(10)6-12/h5-8H,1-4H2. The summed E-state index contributed by atoms with van der Waals surface area (Å²) < 4.78 is 5.20. The number of aldehydes is 2. The van der Waals surface area contributed by atoms with Gasteiger partial charge in [0.25, 0.3) is 0 Å². The van der Waals surface area contributed by atoms with Crippen molar-refractivity contribution in [3.05, 3.63) is 0 Å². The third kappa shape index (κ3) is 8.59. The largest absolute Gasteiger partial charge is 0.381 e. The summed E-state index contributed by atoms with van der Waals surface area (Å²) in [6, 6.07) is 0. The lowest BCUT2D eigenvalue weighted by Crippen LogP contribution is -2.09. The molecule has 0 spiro atoms. The smallest absolute Gasteiger partial charge is 0.133 e. The quantitative estimate of drug-likeness (QED) is 0.389. The molecule has 0 aromatic heterocycles. The highest BCUT2D eigenvalue weighted by atomic mass is 79.9. The average molecular weight is 316 g/mol. The van der Waals surface area contributed by atoms with E-state index >= 15 is 0 Å². The minimum atomic E-state index is -0.127. The average Bonchev–Trinajstić information content (AvgIpc) is 2.16. The van der Waals surface area contributed by atoms with E-state index in [1.165, 1.54) is 0 Å². The van der Waals surface area contributed by atoms with Gasteiger partial charge in [0.1, 0.15) is 12.6 Å². The van der Waals surface area contributed by atoms with Crippen LogP contribution in [0.5, 0.6) is 0 Å². The van der Waals surface area contributed by atoms with Gasteiger partial charge in [-0.3, -0.25) is 0 Å². The Hall–Kier alpha value is 0.260. The molecule has 0 rings (SSSR count). The minimum Gasteiger partial charge on any atom is -0.381 e. The normalized spacial score (nSPS) is 14.9. The molecule has 13 heavy (non-hydrogen) atoms. The van der Waals surface area contributed by atoms with Gasteiger partial charge in [-0.1, -0.05) is 31.9 Å². The molecule has 0 bridgehead atoms. The number of rotatable bonds is 8. The Bertz CT molecular complexity index is 136. The molecule has 0 aliphatic carbocycles. The number of alkyl halides is 2. The molecule has 0 saturated heterocycles. The molecule has 0 aliphatic rings. The molecule has 0 amide bonds. The summed E-state index contributed by atoms with van der Waals surface area (Å²) in [6.07, 6.45) is 3.00. The van der Waals surface area contributed by atoms with Crippen molar-refractivity contribution in [1.82, 2.24) is 0 Å². The number of ether oxygens (including phenoxy) is 1. The number of hydrogen-bond donors (Lipinski definition) is 0. The Kier molecular flexibility index (Phi) is 9.02. The van der Waals surface area contributed by atoms with Gasteiger partial charge in [-0.15, -0.1) is 0 Å². The zero-order valence-corrected chi connectivity index (χ0v) is 10.3. The minimum absolute atomic E-state index is 0.127. The Balaban J connectivity index is 3.16. The molecule has 0 N–H and O–H groups in total. The van der Waals surface area contributed by atoms with Gasteiger partial charge >= 0.3 is 0 Å². The molecule has 0 aromatic rings. The molecule has 0 aromatic carbocycles. The van der Waals surface area contributed by atoms with Gasteiger partial charge < -0.3 is 14.3 Å². The van der Waals surface area contributed by atoms with E-state index in [2.05, 4.69) is 31.9 Å². The number of carbonyl (C=O) groups excluding carboxylic acids is 2. The SMILES string of the molecule is O=CC(Br)CCOCCC(Br)C=O. The summed E-state index contributed by atoms with van der Waals surface area (Å²) in [7, 11) is 0. The van der Waals surface area contributed by atoms with Gasteiger partial charge in [0.2, 0.25) is 0 Å². The van der Waals surface area contributed by atoms with Crippen LogP contribution in [-0.2, 0) is 14.3 Å². The number of carbonyl (C=O) groups is 2. The first-order valence-electron chi connectivity index (χ1n) is 3.97. The van der Waals surface area contributed by atoms with Gasteiger partial charge in [0.05, 0.1) is 9.65 Å². The van der Waals surface area contributed by atoms with Crippen LogP contribution in [0.15, 0.2) is 0 Å². The second kappa shape index (κ2) is 8.84. The van der Waals surface area contributed by atoms with E-state index < -0.39 is 0 Å². The Morgan fingerprint density at radius 1 is 1.00 bits per heavy atom. The predicted octanol–water partition coefficient (Wildman–Crippen LogP) is 1.71. The second-order valence-corrected chi connectivity index (χ2v) is 4.85. The van der Waals surface area contributed by atoms with Crippen molar-refractivity contribution in [2.75, 3.05) is 13.2 Å². The Morgan fingerprint density at radius 2 is 1.38 bits per heavy atom. The summed E-state index contributed by atoms with van der Waals surface area (Å²) in [5.41, 5.74) is 0. The van der Waals surface area contributed by atoms with Crippen molar-refractivity contribution in [2.45, 2.75) is 22.5 Å². The Labute approximate surface area is 94.5 Å². The Morgan fingerprint density at radius 3 is 1.69 bits per heavy atom. The highest BCUT2D eigenvalue weighted by molar-refractivity contribution is 9.10. The van der Waals surface area contributed by atoms with Gasteiger partial charge in [-0.2, -0.15) is 0 Å². The number of halogens is 2. The van der Waals surface area contributed by atoms with Crippen LogP contribution >= 0.6 is 31.9 Å². The summed E-state index contributed by atoms with van der Waals surface area (Å²) in [5.74, 6) is 0. The first-order valence-corrected chi connectivity index (χ1v) is 5.80. The van der Waals surface area contributed by atoms with E-state index in [1.807, 2.05) is 0 Å². The third-order valence-electron chi connectivity index (χ3n) is 1.37. The topological polar surface area (TPSA) is 43.4 Å². The first kappa shape index (κ1) is 13.3. The zero-order valence-electron chi connectivity index (χ0n) is 7.12. The fourth-order valence-corrected chi connectivity index (χ4v) is 1.00. The molecule has 0 saturated carbocycles. The van der Waals surface area contributed by atoms with Crippen molar-refractivity contribution in [3.63, 3.8) is 0 Å². The maximum absolute atomic E-state index is 10.2. The summed E-state index contributed by atoms with van der Waals surface area (Å²) in [4.78, 5) is 20.1. The summed E-state index contributed by atoms with van der Waals surface area (Å²) in [5, 5.41) is 0. The van der Waals surface area contributed by atoms with E-state index in [1.54, 1.807) is 0 Å². The predicted molar refractivity (Wildman–Crippen MR) is 57.6 cm³/mol. The molecule has 0 radical (unpaired) electrons. The van der Waals surface area contributed by atoms with Crippen LogP contribution in [0.25, 0.3) is 0 Å². The molecule has 5 heteroatoms. The maximum atomic E-state index is 10.2. The van der Waals surface area contributed by atoms with Crippen LogP contribution in [-0.4, -0.2) is 35.4 Å². The van der Waals surface area contributed by atoms with Crippen molar-refractivity contribution in [3.8, 4) is 0 Å². The van der Waals surface area contributed by atoms with Crippen molar-refractivity contribution < 1.29 is 14.3 Å². The maximum Gasteiger partial charge on any atom is 0.133 e. The molecule has 2 atom stereocenters. The molecule has 0 heterocycles. The summed E-state index contributed by atoms with van der Waals surface area (Å²) in [6.45, 7) is 1.07. The monoisotopic (exact) mass is 314 g/mol. The third-order valence-corrected chi connectivity index (χ3v) is 2.72. The van der Waals surface area contributed by atoms with Gasteiger partial charge in [-0.25, -0.2) is 0 Å². The first-order chi connectivity index (χ1) is 6.20. The van der Waals surface area contributed by atoms with Gasteiger partial charge in [-0.05, 0) is 12.8 Å². The molecular weight excluding hydrogens is 304 g/mol. The van der Waals surface area contributed by atoms with Crippen LogP contribution in [0.3, 0.4) is 0 Å². The highest BCUT2D eigenvalue weighted by Gasteiger charge is 2.03. The fraction of sp³-hybridized carbons (Fsp3) is 0.750. The van der Waals surface area contributed by atoms with Crippen LogP contribution in [0.4, 0.5) is 0 Å². The van der Waals surface area contributed by atoms with E-state index in [9.17, 15) is 9.59 Å². The fourth-order valence-electron chi connectivity index (χ4n) is 0.630. The lowest BCUT2D eigenvalue weighted by Gasteiger charge is -2.05. The van der Waals surface area contributed by atoms with Crippen LogP contribution in [0, 0.1) is 0 Å². The van der Waals surface area contributed by atoms with Crippen molar-refractivity contribution >= 4 is 44.4 Å². The van der Waals surface area contributed by atoms with E-state index in [-0.39, 0.29) is 9.65 Å². The van der Waals surface area contributed by atoms with Crippen LogP contribution < -0.4 is 0 Å². The van der Waals surface area contributed by atoms with Crippen molar-refractivity contribution in [1.29, 1.82) is 0 Å². The van der Waals surface area contributed by atoms with Crippen LogP contribution in [0.1, 0.15) is 12.8 Å². The van der Waals surface area contributed by atoms with E-state index in [0.717, 1.165) is 12.6 Å². The van der Waals surface area contributed by atoms with Gasteiger partial charge in [0, 0.05) is 13.2 Å². The molecule has 0 fully saturated rings. The lowest BCUT2D eigenvalue weighted by molar-refractivity contribution is -0.108. The molecule has 2 unspecified atom stereocenters. The molecular formula is C8H12Br2O3. The van der Waals surface area contributed by atoms with E-state index in [4.69, 9.17) is 4.74 Å². The lowest BCUT2D eigenvalue weighted by atomic mass is 10.3.